The Labute approximate surface area is 201 Å². The van der Waals surface area contributed by atoms with Crippen LogP contribution in [-0.2, 0) is 16.1 Å². The lowest BCUT2D eigenvalue weighted by molar-refractivity contribution is -0.153. The van der Waals surface area contributed by atoms with Gasteiger partial charge in [-0.1, -0.05) is 0 Å². The Hall–Kier alpha value is -2.81. The number of rotatable bonds is 7. The maximum absolute atomic E-state index is 12.2. The molecule has 1 aliphatic rings. The van der Waals surface area contributed by atoms with E-state index in [1.165, 1.54) is 7.11 Å². The molecule has 8 nitrogen and oxygen atoms in total. The number of nitrogens with zero attached hydrogens (tertiary/aromatic N) is 3. The molecule has 1 N–H and O–H groups in total. The van der Waals surface area contributed by atoms with Gasteiger partial charge in [0.1, 0.15) is 27.4 Å². The van der Waals surface area contributed by atoms with Gasteiger partial charge in [0.05, 0.1) is 26.7 Å². The molecule has 1 saturated carbocycles. The number of hydrogen-bond donors (Lipinski definition) is 1. The zero-order valence-electron chi connectivity index (χ0n) is 19.4. The van der Waals surface area contributed by atoms with E-state index < -0.39 is 5.41 Å². The standard InChI is InChI=1S/C24H29BrN4O4/c1-24(23(30)33-4)9-7-15(8-10-24)22-28-20(25)19-21(26-11-12-29(19)22)27-14-16-5-6-17(31-2)13-18(16)32-3/h5-6,11-13,15H,7-10,14H2,1-4H3,(H,26,27)/t15-,24-. The number of imidazole rings is 1. The highest BCUT2D eigenvalue weighted by Crippen LogP contribution is 2.44. The van der Waals surface area contributed by atoms with Crippen molar-refractivity contribution in [2.75, 3.05) is 26.6 Å². The summed E-state index contributed by atoms with van der Waals surface area (Å²) in [5.74, 6) is 3.35. The maximum Gasteiger partial charge on any atom is 0.311 e. The van der Waals surface area contributed by atoms with E-state index in [1.807, 2.05) is 31.3 Å². The lowest BCUT2D eigenvalue weighted by atomic mass is 9.71. The van der Waals surface area contributed by atoms with Crippen molar-refractivity contribution in [2.45, 2.75) is 45.1 Å². The molecule has 3 aromatic rings. The SMILES string of the molecule is COc1ccc(CNc2nccn3c2c(Br)nc3[C@H]2CC[C@](C)(C(=O)OC)CC2)c(OC)c1. The highest BCUT2D eigenvalue weighted by Gasteiger charge is 2.40. The number of halogens is 1. The molecule has 0 spiro atoms. The molecule has 0 amide bonds. The Kier molecular flexibility index (Phi) is 6.78. The van der Waals surface area contributed by atoms with Gasteiger partial charge in [-0.05, 0) is 60.7 Å². The second-order valence-corrected chi connectivity index (χ2v) is 9.36. The van der Waals surface area contributed by atoms with Crippen LogP contribution in [-0.4, -0.2) is 41.7 Å². The average molecular weight is 517 g/mol. The fourth-order valence-corrected chi connectivity index (χ4v) is 5.14. The number of carbonyl (C=O) groups excluding carboxylic acids is 1. The molecule has 33 heavy (non-hydrogen) atoms. The highest BCUT2D eigenvalue weighted by atomic mass is 79.9. The van der Waals surface area contributed by atoms with Crippen molar-refractivity contribution < 1.29 is 19.0 Å². The Bertz CT molecular complexity index is 1150. The van der Waals surface area contributed by atoms with Crippen LogP contribution in [0.15, 0.2) is 35.2 Å². The fraction of sp³-hybridized carbons (Fsp3) is 0.458. The van der Waals surface area contributed by atoms with Crippen LogP contribution in [0.4, 0.5) is 5.82 Å². The van der Waals surface area contributed by atoms with Crippen LogP contribution in [0.25, 0.3) is 5.52 Å². The summed E-state index contributed by atoms with van der Waals surface area (Å²) in [7, 11) is 4.74. The van der Waals surface area contributed by atoms with Crippen LogP contribution in [0.2, 0.25) is 0 Å². The third-order valence-corrected chi connectivity index (χ3v) is 7.17. The number of aromatic nitrogens is 3. The summed E-state index contributed by atoms with van der Waals surface area (Å²) in [5.41, 5.74) is 1.47. The van der Waals surface area contributed by atoms with E-state index in [9.17, 15) is 4.79 Å². The van der Waals surface area contributed by atoms with Gasteiger partial charge in [-0.25, -0.2) is 9.97 Å². The van der Waals surface area contributed by atoms with Gasteiger partial charge >= 0.3 is 5.97 Å². The zero-order valence-corrected chi connectivity index (χ0v) is 20.9. The molecule has 1 fully saturated rings. The number of esters is 1. The van der Waals surface area contributed by atoms with Crippen molar-refractivity contribution >= 4 is 33.2 Å². The lowest BCUT2D eigenvalue weighted by Crippen LogP contribution is -2.33. The number of methoxy groups -OCH3 is 3. The summed E-state index contributed by atoms with van der Waals surface area (Å²) in [6.45, 7) is 2.53. The zero-order chi connectivity index (χ0) is 23.6. The van der Waals surface area contributed by atoms with Crippen LogP contribution in [0.5, 0.6) is 11.5 Å². The molecule has 0 aliphatic heterocycles. The predicted octanol–water partition coefficient (Wildman–Crippen LogP) is 4.96. The van der Waals surface area contributed by atoms with Gasteiger partial charge in [0, 0.05) is 36.5 Å². The molecule has 9 heteroatoms. The normalized spacial score (nSPS) is 20.5. The first-order valence-electron chi connectivity index (χ1n) is 11.0. The molecule has 176 valence electrons. The van der Waals surface area contributed by atoms with Gasteiger partial charge in [-0.3, -0.25) is 9.20 Å². The van der Waals surface area contributed by atoms with E-state index >= 15 is 0 Å². The molecule has 1 aromatic carbocycles. The number of nitrogens with one attached hydrogen (secondary N) is 1. The number of fused-ring (bicyclic) bond motifs is 1. The molecule has 2 heterocycles. The molecule has 0 bridgehead atoms. The van der Waals surface area contributed by atoms with Crippen molar-refractivity contribution in [3.05, 3.63) is 46.6 Å². The van der Waals surface area contributed by atoms with E-state index in [0.717, 1.165) is 64.5 Å². The highest BCUT2D eigenvalue weighted by molar-refractivity contribution is 9.10. The molecule has 4 rings (SSSR count). The summed E-state index contributed by atoms with van der Waals surface area (Å²) in [6, 6.07) is 5.75. The Morgan fingerprint density at radius 1 is 1.24 bits per heavy atom. The monoisotopic (exact) mass is 516 g/mol. The van der Waals surface area contributed by atoms with Crippen LogP contribution < -0.4 is 14.8 Å². The van der Waals surface area contributed by atoms with Gasteiger partial charge < -0.3 is 19.5 Å². The number of benzene rings is 1. The predicted molar refractivity (Wildman–Crippen MR) is 129 cm³/mol. The summed E-state index contributed by atoms with van der Waals surface area (Å²) >= 11 is 3.64. The number of hydrogen-bond acceptors (Lipinski definition) is 7. The lowest BCUT2D eigenvalue weighted by Gasteiger charge is -2.34. The molecular weight excluding hydrogens is 488 g/mol. The quantitative estimate of drug-likeness (QED) is 0.444. The topological polar surface area (TPSA) is 87.0 Å². The van der Waals surface area contributed by atoms with Crippen LogP contribution in [0.3, 0.4) is 0 Å². The minimum absolute atomic E-state index is 0.125. The third kappa shape index (κ3) is 4.51. The Balaban J connectivity index is 1.56. The van der Waals surface area contributed by atoms with Crippen LogP contribution in [0, 0.1) is 5.41 Å². The van der Waals surface area contributed by atoms with E-state index in [1.54, 1.807) is 20.4 Å². The Morgan fingerprint density at radius 2 is 2.00 bits per heavy atom. The fourth-order valence-electron chi connectivity index (χ4n) is 4.58. The number of ether oxygens (including phenoxy) is 3. The van der Waals surface area contributed by atoms with Crippen molar-refractivity contribution in [1.82, 2.24) is 14.4 Å². The summed E-state index contributed by atoms with van der Waals surface area (Å²) in [4.78, 5) is 21.6. The average Bonchev–Trinajstić information content (AvgIpc) is 3.19. The summed E-state index contributed by atoms with van der Waals surface area (Å²) in [5, 5.41) is 3.42. The van der Waals surface area contributed by atoms with Crippen LogP contribution in [0.1, 0.15) is 49.9 Å². The number of carbonyl (C=O) groups is 1. The van der Waals surface area contributed by atoms with Gasteiger partial charge in [0.25, 0.3) is 0 Å². The smallest absolute Gasteiger partial charge is 0.311 e. The van der Waals surface area contributed by atoms with Gasteiger partial charge in [0.15, 0.2) is 5.82 Å². The summed E-state index contributed by atoms with van der Waals surface area (Å²) in [6.07, 6.45) is 7.04. The minimum atomic E-state index is -0.415. The van der Waals surface area contributed by atoms with E-state index in [-0.39, 0.29) is 11.9 Å². The molecular formula is C24H29BrN4O4. The first-order chi connectivity index (χ1) is 15.9. The first kappa shape index (κ1) is 23.4. The van der Waals surface area contributed by atoms with Crippen molar-refractivity contribution in [3.8, 4) is 11.5 Å². The van der Waals surface area contributed by atoms with E-state index in [2.05, 4.69) is 30.6 Å². The largest absolute Gasteiger partial charge is 0.497 e. The van der Waals surface area contributed by atoms with Gasteiger partial charge in [-0.2, -0.15) is 0 Å². The summed E-state index contributed by atoms with van der Waals surface area (Å²) < 4.78 is 18.7. The van der Waals surface area contributed by atoms with Gasteiger partial charge in [-0.15, -0.1) is 0 Å². The number of anilines is 1. The molecule has 1 aliphatic carbocycles. The molecule has 2 aromatic heterocycles. The maximum atomic E-state index is 12.2. The van der Waals surface area contributed by atoms with Gasteiger partial charge in [0.2, 0.25) is 0 Å². The first-order valence-corrected chi connectivity index (χ1v) is 11.7. The molecule has 0 saturated heterocycles. The molecule has 0 radical (unpaired) electrons. The second-order valence-electron chi connectivity index (χ2n) is 8.61. The van der Waals surface area contributed by atoms with Crippen molar-refractivity contribution in [3.63, 3.8) is 0 Å². The van der Waals surface area contributed by atoms with Crippen LogP contribution >= 0.6 is 15.9 Å². The molecule has 0 unspecified atom stereocenters. The van der Waals surface area contributed by atoms with E-state index in [0.29, 0.717) is 6.54 Å². The Morgan fingerprint density at radius 3 is 2.67 bits per heavy atom. The molecule has 0 atom stereocenters. The van der Waals surface area contributed by atoms with Crippen molar-refractivity contribution in [1.29, 1.82) is 0 Å². The second kappa shape index (κ2) is 9.59. The third-order valence-electron chi connectivity index (χ3n) is 6.61. The minimum Gasteiger partial charge on any atom is -0.497 e. The van der Waals surface area contributed by atoms with Crippen molar-refractivity contribution in [2.24, 2.45) is 5.41 Å². The van der Waals surface area contributed by atoms with E-state index in [4.69, 9.17) is 19.2 Å².